The molecule has 0 bridgehead atoms. The fourth-order valence-electron chi connectivity index (χ4n) is 3.80. The first kappa shape index (κ1) is 26.4. The van der Waals surface area contributed by atoms with E-state index in [4.69, 9.17) is 14.2 Å². The first-order valence-corrected chi connectivity index (χ1v) is 11.5. The van der Waals surface area contributed by atoms with Crippen LogP contribution in [-0.2, 0) is 19.0 Å². The lowest BCUT2D eigenvalue weighted by atomic mass is 9.91. The molecule has 0 saturated carbocycles. The van der Waals surface area contributed by atoms with E-state index in [1.165, 1.54) is 0 Å². The lowest BCUT2D eigenvalue weighted by molar-refractivity contribution is -0.243. The van der Waals surface area contributed by atoms with Crippen molar-refractivity contribution in [3.63, 3.8) is 0 Å². The summed E-state index contributed by atoms with van der Waals surface area (Å²) in [6, 6.07) is 1.55. The van der Waals surface area contributed by atoms with Crippen molar-refractivity contribution in [2.75, 3.05) is 13.2 Å². The Morgan fingerprint density at radius 1 is 0.909 bits per heavy atom. The second-order valence-corrected chi connectivity index (χ2v) is 10.4. The van der Waals surface area contributed by atoms with Gasteiger partial charge in [0.2, 0.25) is 0 Å². The number of hydrogen-bond donors (Lipinski definition) is 7. The molecular weight excluding hydrogens is 460 g/mol. The summed E-state index contributed by atoms with van der Waals surface area (Å²) in [4.78, 5) is 12.9. The minimum atomic E-state index is -1.55. The standard InChI is InChI=1S/C21H32O11S/c1-21(2,3)20(29)32-19-15(27)13(25)10(6-23)31-18(19)11-4-8(7-33-11)17-16(28)14(26)12(24)9(5-22)30-17/h4,7,9-10,12-19,22-28H,5-6H2,1-3H3/t9-,10-,12-,13-,14+,15+,16+,17-,18-,19+/m1/s1. The highest BCUT2D eigenvalue weighted by Gasteiger charge is 2.49. The molecule has 33 heavy (non-hydrogen) atoms. The molecule has 2 saturated heterocycles. The van der Waals surface area contributed by atoms with Crippen LogP contribution in [0.3, 0.4) is 0 Å². The number of hydrogen-bond acceptors (Lipinski definition) is 12. The Morgan fingerprint density at radius 2 is 1.45 bits per heavy atom. The van der Waals surface area contributed by atoms with Crippen molar-refractivity contribution < 1.29 is 54.8 Å². The quantitative estimate of drug-likeness (QED) is 0.234. The molecule has 1 aromatic heterocycles. The highest BCUT2D eigenvalue weighted by atomic mass is 32.1. The molecule has 0 aliphatic carbocycles. The SMILES string of the molecule is CC(C)(C)C(=O)O[C@H]1[C@@H](O)[C@H](O)[C@@H](CO)O[C@@H]1c1cc([C@H]2O[C@H](CO)[C@@H](O)[C@H](O)[C@@H]2O)cs1. The summed E-state index contributed by atoms with van der Waals surface area (Å²) in [6.07, 6.45) is -13.2. The first-order valence-electron chi connectivity index (χ1n) is 10.6. The molecule has 1 aromatic rings. The zero-order valence-corrected chi connectivity index (χ0v) is 19.3. The molecule has 2 fully saturated rings. The number of aliphatic hydroxyl groups is 7. The molecular formula is C21H32O11S. The van der Waals surface area contributed by atoms with Gasteiger partial charge in [0.05, 0.1) is 18.6 Å². The summed E-state index contributed by atoms with van der Waals surface area (Å²) in [5.74, 6) is -0.625. The third-order valence-electron chi connectivity index (χ3n) is 5.86. The van der Waals surface area contributed by atoms with Crippen LogP contribution in [0.25, 0.3) is 0 Å². The highest BCUT2D eigenvalue weighted by molar-refractivity contribution is 7.10. The molecule has 188 valence electrons. The van der Waals surface area contributed by atoms with Crippen LogP contribution in [0.1, 0.15) is 43.4 Å². The molecule has 0 aromatic carbocycles. The van der Waals surface area contributed by atoms with Gasteiger partial charge in [-0.2, -0.15) is 0 Å². The van der Waals surface area contributed by atoms with Gasteiger partial charge in [-0.15, -0.1) is 11.3 Å². The maximum Gasteiger partial charge on any atom is 0.311 e. The summed E-state index contributed by atoms with van der Waals surface area (Å²) in [5.41, 5.74) is -0.488. The van der Waals surface area contributed by atoms with Gasteiger partial charge in [-0.05, 0) is 37.8 Å². The van der Waals surface area contributed by atoms with Crippen molar-refractivity contribution in [2.45, 2.75) is 81.8 Å². The number of rotatable bonds is 5. The third kappa shape index (κ3) is 5.25. The minimum absolute atomic E-state index is 0.401. The fourth-order valence-corrected chi connectivity index (χ4v) is 4.80. The van der Waals surface area contributed by atoms with E-state index in [1.54, 1.807) is 32.2 Å². The molecule has 2 aliphatic rings. The molecule has 0 amide bonds. The lowest BCUT2D eigenvalue weighted by Gasteiger charge is -2.42. The third-order valence-corrected chi connectivity index (χ3v) is 6.88. The van der Waals surface area contributed by atoms with Gasteiger partial charge in [0.15, 0.2) is 6.10 Å². The average molecular weight is 493 g/mol. The molecule has 3 rings (SSSR count). The summed E-state index contributed by atoms with van der Waals surface area (Å²) < 4.78 is 16.9. The maximum atomic E-state index is 12.5. The zero-order valence-electron chi connectivity index (χ0n) is 18.5. The second-order valence-electron chi connectivity index (χ2n) is 9.41. The molecule has 0 unspecified atom stereocenters. The van der Waals surface area contributed by atoms with Crippen molar-refractivity contribution in [2.24, 2.45) is 5.41 Å². The normalized spacial score (nSPS) is 39.9. The van der Waals surface area contributed by atoms with Crippen LogP contribution in [0.2, 0.25) is 0 Å². The number of aliphatic hydroxyl groups excluding tert-OH is 7. The maximum absolute atomic E-state index is 12.5. The molecule has 0 radical (unpaired) electrons. The summed E-state index contributed by atoms with van der Waals surface area (Å²) in [6.45, 7) is 3.75. The minimum Gasteiger partial charge on any atom is -0.456 e. The molecule has 12 heteroatoms. The van der Waals surface area contributed by atoms with Gasteiger partial charge < -0.3 is 50.0 Å². The van der Waals surface area contributed by atoms with Crippen LogP contribution < -0.4 is 0 Å². The predicted molar refractivity (Wildman–Crippen MR) is 113 cm³/mol. The van der Waals surface area contributed by atoms with Gasteiger partial charge >= 0.3 is 5.97 Å². The van der Waals surface area contributed by atoms with Crippen molar-refractivity contribution in [3.8, 4) is 0 Å². The topological polar surface area (TPSA) is 186 Å². The molecule has 3 heterocycles. The van der Waals surface area contributed by atoms with Crippen LogP contribution >= 0.6 is 11.3 Å². The van der Waals surface area contributed by atoms with E-state index in [-0.39, 0.29) is 0 Å². The van der Waals surface area contributed by atoms with E-state index < -0.39 is 85.6 Å². The van der Waals surface area contributed by atoms with Crippen LogP contribution in [-0.4, -0.2) is 104 Å². The number of carbonyl (C=O) groups excluding carboxylic acids is 1. The van der Waals surface area contributed by atoms with Crippen LogP contribution in [0.15, 0.2) is 11.4 Å². The predicted octanol–water partition coefficient (Wildman–Crippen LogP) is -1.63. The van der Waals surface area contributed by atoms with Crippen LogP contribution in [0.4, 0.5) is 0 Å². The molecule has 10 atom stereocenters. The Kier molecular flexibility index (Phi) is 8.16. The zero-order chi connectivity index (χ0) is 24.7. The van der Waals surface area contributed by atoms with Gasteiger partial charge in [0, 0.05) is 4.88 Å². The van der Waals surface area contributed by atoms with E-state index in [0.29, 0.717) is 10.4 Å². The van der Waals surface area contributed by atoms with Gasteiger partial charge in [-0.1, -0.05) is 0 Å². The van der Waals surface area contributed by atoms with Gasteiger partial charge in [-0.25, -0.2) is 0 Å². The first-order chi connectivity index (χ1) is 15.4. The van der Waals surface area contributed by atoms with Gasteiger partial charge in [-0.3, -0.25) is 4.79 Å². The Bertz CT molecular complexity index is 806. The Hall–Kier alpha value is -1.19. The lowest BCUT2D eigenvalue weighted by Crippen LogP contribution is -2.57. The van der Waals surface area contributed by atoms with E-state index >= 15 is 0 Å². The molecule has 2 aliphatic heterocycles. The molecule has 11 nitrogen and oxygen atoms in total. The van der Waals surface area contributed by atoms with Gasteiger partial charge in [0.25, 0.3) is 0 Å². The highest BCUT2D eigenvalue weighted by Crippen LogP contribution is 2.41. The van der Waals surface area contributed by atoms with Crippen LogP contribution in [0, 0.1) is 5.41 Å². The average Bonchev–Trinajstić information content (AvgIpc) is 3.24. The number of ether oxygens (including phenoxy) is 3. The van der Waals surface area contributed by atoms with Crippen molar-refractivity contribution in [3.05, 3.63) is 21.9 Å². The second kappa shape index (κ2) is 10.2. The Morgan fingerprint density at radius 3 is 2.00 bits per heavy atom. The van der Waals surface area contributed by atoms with Gasteiger partial charge in [0.1, 0.15) is 54.9 Å². The molecule has 7 N–H and O–H groups in total. The van der Waals surface area contributed by atoms with Crippen molar-refractivity contribution in [1.29, 1.82) is 0 Å². The smallest absolute Gasteiger partial charge is 0.311 e. The number of esters is 1. The Balaban J connectivity index is 1.90. The summed E-state index contributed by atoms with van der Waals surface area (Å²) in [5, 5.41) is 72.0. The monoisotopic (exact) mass is 492 g/mol. The molecule has 0 spiro atoms. The summed E-state index contributed by atoms with van der Waals surface area (Å²) >= 11 is 1.13. The number of thiophene rings is 1. The largest absolute Gasteiger partial charge is 0.456 e. The van der Waals surface area contributed by atoms with Crippen LogP contribution in [0.5, 0.6) is 0 Å². The van der Waals surface area contributed by atoms with E-state index in [1.807, 2.05) is 0 Å². The van der Waals surface area contributed by atoms with E-state index in [0.717, 1.165) is 11.3 Å². The fraction of sp³-hybridized carbons (Fsp3) is 0.762. The summed E-state index contributed by atoms with van der Waals surface area (Å²) in [7, 11) is 0. The Labute approximate surface area is 194 Å². The van der Waals surface area contributed by atoms with Crippen molar-refractivity contribution in [1.82, 2.24) is 0 Å². The number of carbonyl (C=O) groups is 1. The van der Waals surface area contributed by atoms with E-state index in [9.17, 15) is 40.5 Å². The van der Waals surface area contributed by atoms with E-state index in [2.05, 4.69) is 0 Å². The van der Waals surface area contributed by atoms with Crippen molar-refractivity contribution >= 4 is 17.3 Å².